The van der Waals surface area contributed by atoms with Gasteiger partial charge in [-0.3, -0.25) is 14.4 Å². The molecule has 8 heteroatoms. The Morgan fingerprint density at radius 1 is 1.14 bits per heavy atom. The van der Waals surface area contributed by atoms with E-state index in [0.717, 1.165) is 0 Å². The maximum absolute atomic E-state index is 11.9. The predicted molar refractivity (Wildman–Crippen MR) is 73.5 cm³/mol. The van der Waals surface area contributed by atoms with Crippen LogP contribution in [0.4, 0.5) is 0 Å². The van der Waals surface area contributed by atoms with Crippen LogP contribution in [-0.2, 0) is 9.59 Å². The van der Waals surface area contributed by atoms with Crippen LogP contribution in [0.3, 0.4) is 0 Å². The van der Waals surface area contributed by atoms with Crippen molar-refractivity contribution < 1.29 is 28.3 Å². The van der Waals surface area contributed by atoms with Crippen LogP contribution in [0.25, 0.3) is 6.08 Å². The summed E-state index contributed by atoms with van der Waals surface area (Å²) in [4.78, 5) is 34.4. The average Bonchev–Trinajstić information content (AvgIpc) is 3.16. The molecule has 2 rings (SSSR count). The van der Waals surface area contributed by atoms with E-state index in [9.17, 15) is 14.4 Å². The number of furan rings is 2. The molecule has 114 valence electrons. The SMILES string of the molecule is O=C(O)CNC(=O)/C(=C/c1ccco1)NC(=O)c1ccco1. The summed E-state index contributed by atoms with van der Waals surface area (Å²) in [5.74, 6) is -2.29. The number of rotatable bonds is 6. The first kappa shape index (κ1) is 15.1. The van der Waals surface area contributed by atoms with Crippen molar-refractivity contribution in [1.82, 2.24) is 10.6 Å². The standard InChI is InChI=1S/C14H12N2O6/c17-12(18)8-15-13(19)10(7-9-3-1-5-21-9)16-14(20)11-4-2-6-22-11/h1-7H,8H2,(H,15,19)(H,16,20)(H,17,18)/b10-7-. The first-order chi connectivity index (χ1) is 10.6. The zero-order valence-corrected chi connectivity index (χ0v) is 11.2. The molecule has 0 aliphatic heterocycles. The Kier molecular flexibility index (Phi) is 4.76. The van der Waals surface area contributed by atoms with Gasteiger partial charge in [-0.15, -0.1) is 0 Å². The molecule has 8 nitrogen and oxygen atoms in total. The molecule has 0 atom stereocenters. The molecule has 0 radical (unpaired) electrons. The Hall–Kier alpha value is -3.29. The van der Waals surface area contributed by atoms with Crippen molar-refractivity contribution in [3.8, 4) is 0 Å². The predicted octanol–water partition coefficient (Wildman–Crippen LogP) is 0.844. The molecule has 0 saturated heterocycles. The molecule has 0 bridgehead atoms. The van der Waals surface area contributed by atoms with Gasteiger partial charge in [0.15, 0.2) is 5.76 Å². The van der Waals surface area contributed by atoms with Crippen molar-refractivity contribution in [3.05, 3.63) is 54.0 Å². The molecule has 0 aliphatic carbocycles. The van der Waals surface area contributed by atoms with E-state index in [4.69, 9.17) is 13.9 Å². The number of amides is 2. The molecule has 2 heterocycles. The van der Waals surface area contributed by atoms with E-state index < -0.39 is 24.3 Å². The van der Waals surface area contributed by atoms with Crippen LogP contribution in [0, 0.1) is 0 Å². The van der Waals surface area contributed by atoms with Crippen LogP contribution in [0.5, 0.6) is 0 Å². The molecule has 0 fully saturated rings. The van der Waals surface area contributed by atoms with E-state index in [1.807, 2.05) is 0 Å². The van der Waals surface area contributed by atoms with Gasteiger partial charge in [-0.25, -0.2) is 0 Å². The zero-order valence-electron chi connectivity index (χ0n) is 11.2. The number of hydrogen-bond donors (Lipinski definition) is 3. The summed E-state index contributed by atoms with van der Waals surface area (Å²) in [6.45, 7) is -0.578. The second-order valence-corrected chi connectivity index (χ2v) is 4.08. The van der Waals surface area contributed by atoms with Crippen molar-refractivity contribution in [2.45, 2.75) is 0 Å². The van der Waals surface area contributed by atoms with E-state index >= 15 is 0 Å². The van der Waals surface area contributed by atoms with Gasteiger partial charge in [0.25, 0.3) is 11.8 Å². The summed E-state index contributed by atoms with van der Waals surface area (Å²) in [7, 11) is 0. The second-order valence-electron chi connectivity index (χ2n) is 4.08. The Morgan fingerprint density at radius 2 is 1.86 bits per heavy atom. The van der Waals surface area contributed by atoms with Gasteiger partial charge in [-0.2, -0.15) is 0 Å². The van der Waals surface area contributed by atoms with E-state index in [2.05, 4.69) is 10.6 Å². The molecule has 3 N–H and O–H groups in total. The molecule has 0 unspecified atom stereocenters. The summed E-state index contributed by atoms with van der Waals surface area (Å²) in [6, 6.07) is 6.13. The second kappa shape index (κ2) is 6.93. The monoisotopic (exact) mass is 304 g/mol. The quantitative estimate of drug-likeness (QED) is 0.680. The molecule has 0 spiro atoms. The summed E-state index contributed by atoms with van der Waals surface area (Å²) in [5, 5.41) is 13.1. The fraction of sp³-hybridized carbons (Fsp3) is 0.0714. The number of carboxylic acid groups (broad SMARTS) is 1. The first-order valence-corrected chi connectivity index (χ1v) is 6.16. The summed E-state index contributed by atoms with van der Waals surface area (Å²) in [5.41, 5.74) is -0.169. The van der Waals surface area contributed by atoms with Crippen molar-refractivity contribution in [3.63, 3.8) is 0 Å². The summed E-state index contributed by atoms with van der Waals surface area (Å²) in [6.07, 6.45) is 3.99. The molecule has 2 amide bonds. The maximum atomic E-state index is 11.9. The van der Waals surface area contributed by atoms with Crippen LogP contribution in [0.2, 0.25) is 0 Å². The van der Waals surface area contributed by atoms with E-state index in [0.29, 0.717) is 5.76 Å². The molecule has 0 aliphatic rings. The lowest BCUT2D eigenvalue weighted by Gasteiger charge is -2.08. The van der Waals surface area contributed by atoms with Crippen LogP contribution in [-0.4, -0.2) is 29.4 Å². The Bertz CT molecular complexity index is 685. The van der Waals surface area contributed by atoms with Crippen molar-refractivity contribution in [2.24, 2.45) is 0 Å². The van der Waals surface area contributed by atoms with Crippen molar-refractivity contribution in [1.29, 1.82) is 0 Å². The highest BCUT2D eigenvalue weighted by molar-refractivity contribution is 6.04. The molecule has 0 aromatic carbocycles. The topological polar surface area (TPSA) is 122 Å². The van der Waals surface area contributed by atoms with E-state index in [1.54, 1.807) is 12.1 Å². The smallest absolute Gasteiger partial charge is 0.322 e. The lowest BCUT2D eigenvalue weighted by molar-refractivity contribution is -0.137. The molecule has 2 aromatic rings. The maximum Gasteiger partial charge on any atom is 0.322 e. The fourth-order valence-corrected chi connectivity index (χ4v) is 1.52. The normalized spacial score (nSPS) is 11.0. The summed E-state index contributed by atoms with van der Waals surface area (Å²) < 4.78 is 9.99. The molecular formula is C14H12N2O6. The number of aliphatic carboxylic acids is 1. The van der Waals surface area contributed by atoms with Crippen LogP contribution in [0.15, 0.2) is 51.3 Å². The van der Waals surface area contributed by atoms with E-state index in [-0.39, 0.29) is 11.5 Å². The van der Waals surface area contributed by atoms with Crippen LogP contribution >= 0.6 is 0 Å². The van der Waals surface area contributed by atoms with E-state index in [1.165, 1.54) is 30.7 Å². The Labute approximate surface area is 124 Å². The minimum absolute atomic E-state index is 0.0105. The third-order valence-corrected chi connectivity index (χ3v) is 2.47. The lowest BCUT2D eigenvalue weighted by Crippen LogP contribution is -2.37. The van der Waals surface area contributed by atoms with Gasteiger partial charge in [0.2, 0.25) is 0 Å². The molecule has 22 heavy (non-hydrogen) atoms. The van der Waals surface area contributed by atoms with Gasteiger partial charge in [0.05, 0.1) is 12.5 Å². The van der Waals surface area contributed by atoms with Crippen LogP contribution in [0.1, 0.15) is 16.3 Å². The highest BCUT2D eigenvalue weighted by Gasteiger charge is 2.17. The number of carboxylic acids is 1. The minimum atomic E-state index is -1.21. The molecule has 0 saturated carbocycles. The van der Waals surface area contributed by atoms with Gasteiger partial charge in [0, 0.05) is 6.08 Å². The highest BCUT2D eigenvalue weighted by Crippen LogP contribution is 2.08. The zero-order chi connectivity index (χ0) is 15.9. The fourth-order valence-electron chi connectivity index (χ4n) is 1.52. The Balaban J connectivity index is 2.16. The summed E-state index contributed by atoms with van der Waals surface area (Å²) >= 11 is 0. The number of carbonyl (C=O) groups excluding carboxylic acids is 2. The largest absolute Gasteiger partial charge is 0.480 e. The van der Waals surface area contributed by atoms with Crippen molar-refractivity contribution >= 4 is 23.9 Å². The van der Waals surface area contributed by atoms with Crippen LogP contribution < -0.4 is 10.6 Å². The Morgan fingerprint density at radius 3 is 2.45 bits per heavy atom. The van der Waals surface area contributed by atoms with Crippen molar-refractivity contribution in [2.75, 3.05) is 6.54 Å². The number of nitrogens with one attached hydrogen (secondary N) is 2. The number of carbonyl (C=O) groups is 3. The minimum Gasteiger partial charge on any atom is -0.480 e. The van der Waals surface area contributed by atoms with Gasteiger partial charge < -0.3 is 24.6 Å². The van der Waals surface area contributed by atoms with Gasteiger partial charge in [-0.05, 0) is 24.3 Å². The van der Waals surface area contributed by atoms with Gasteiger partial charge >= 0.3 is 5.97 Å². The molecule has 2 aromatic heterocycles. The lowest BCUT2D eigenvalue weighted by atomic mass is 10.3. The highest BCUT2D eigenvalue weighted by atomic mass is 16.4. The third kappa shape index (κ3) is 4.10. The first-order valence-electron chi connectivity index (χ1n) is 6.16. The number of hydrogen-bond acceptors (Lipinski definition) is 5. The third-order valence-electron chi connectivity index (χ3n) is 2.47. The van der Waals surface area contributed by atoms with Gasteiger partial charge in [0.1, 0.15) is 18.0 Å². The average molecular weight is 304 g/mol. The molecular weight excluding hydrogens is 292 g/mol. The van der Waals surface area contributed by atoms with Gasteiger partial charge in [-0.1, -0.05) is 0 Å².